The van der Waals surface area contributed by atoms with Crippen LogP contribution in [0, 0.1) is 13.8 Å². The van der Waals surface area contributed by atoms with Gasteiger partial charge in [-0.25, -0.2) is 0 Å². The molecule has 0 unspecified atom stereocenters. The molecule has 34 heavy (non-hydrogen) atoms. The van der Waals surface area contributed by atoms with Crippen molar-refractivity contribution >= 4 is 29.3 Å². The van der Waals surface area contributed by atoms with E-state index in [-0.39, 0.29) is 5.91 Å². The lowest BCUT2D eigenvalue weighted by Crippen LogP contribution is -2.24. The summed E-state index contributed by atoms with van der Waals surface area (Å²) in [6.07, 6.45) is 7.53. The standard InChI is InChI=1S/C27H35ClN4OS/c1-4-5-6-7-8-9-14-26(33)29-18-25-30-31-27(34-19-22-13-11-10-12-20(22)2)32(25)24-17-23(28)16-15-21(24)3/h10-13,15-17H,4-9,14,18-19H2,1-3H3,(H,29,33). The fourth-order valence-corrected chi connectivity index (χ4v) is 5.03. The predicted molar refractivity (Wildman–Crippen MR) is 142 cm³/mol. The monoisotopic (exact) mass is 498 g/mol. The van der Waals surface area contributed by atoms with Gasteiger partial charge in [-0.05, 0) is 49.1 Å². The van der Waals surface area contributed by atoms with Gasteiger partial charge in [0.1, 0.15) is 0 Å². The number of hydrogen-bond donors (Lipinski definition) is 1. The number of nitrogens with one attached hydrogen (secondary N) is 1. The Hall–Kier alpha value is -2.31. The number of aryl methyl sites for hydroxylation is 2. The molecule has 0 aliphatic heterocycles. The van der Waals surface area contributed by atoms with Crippen LogP contribution in [0.15, 0.2) is 47.6 Å². The van der Waals surface area contributed by atoms with Gasteiger partial charge >= 0.3 is 0 Å². The third-order valence-electron chi connectivity index (χ3n) is 5.93. The SMILES string of the molecule is CCCCCCCCC(=O)NCc1nnc(SCc2ccccc2C)n1-c1cc(Cl)ccc1C. The summed E-state index contributed by atoms with van der Waals surface area (Å²) in [4.78, 5) is 12.4. The predicted octanol–water partition coefficient (Wildman–Crippen LogP) is 7.20. The molecule has 0 saturated carbocycles. The van der Waals surface area contributed by atoms with Crippen LogP contribution < -0.4 is 5.32 Å². The van der Waals surface area contributed by atoms with Crippen molar-refractivity contribution in [2.75, 3.05) is 0 Å². The Kier molecular flexibility index (Phi) is 10.5. The number of amides is 1. The molecule has 3 rings (SSSR count). The summed E-state index contributed by atoms with van der Waals surface area (Å²) in [5.41, 5.74) is 4.52. The van der Waals surface area contributed by atoms with E-state index in [1.54, 1.807) is 11.8 Å². The number of aromatic nitrogens is 3. The van der Waals surface area contributed by atoms with E-state index in [1.807, 2.05) is 35.8 Å². The summed E-state index contributed by atoms with van der Waals surface area (Å²) < 4.78 is 2.02. The van der Waals surface area contributed by atoms with E-state index in [1.165, 1.54) is 36.8 Å². The number of halogens is 1. The molecule has 0 spiro atoms. The number of carbonyl (C=O) groups excluding carboxylic acids is 1. The largest absolute Gasteiger partial charge is 0.349 e. The van der Waals surface area contributed by atoms with E-state index in [2.05, 4.69) is 47.6 Å². The van der Waals surface area contributed by atoms with Gasteiger partial charge in [0, 0.05) is 17.2 Å². The molecule has 1 aromatic heterocycles. The van der Waals surface area contributed by atoms with Crippen molar-refractivity contribution in [3.05, 3.63) is 70.0 Å². The third kappa shape index (κ3) is 7.60. The molecule has 7 heteroatoms. The molecule has 5 nitrogen and oxygen atoms in total. The second kappa shape index (κ2) is 13.5. The van der Waals surface area contributed by atoms with Gasteiger partial charge in [0.2, 0.25) is 5.91 Å². The van der Waals surface area contributed by atoms with Crippen molar-refractivity contribution in [3.8, 4) is 5.69 Å². The van der Waals surface area contributed by atoms with Crippen molar-refractivity contribution in [1.82, 2.24) is 20.1 Å². The Labute approximate surface area is 212 Å². The second-order valence-electron chi connectivity index (χ2n) is 8.67. The second-order valence-corrected chi connectivity index (χ2v) is 10.1. The van der Waals surface area contributed by atoms with Gasteiger partial charge in [-0.2, -0.15) is 0 Å². The molecule has 1 N–H and O–H groups in total. The van der Waals surface area contributed by atoms with Crippen LogP contribution in [0.3, 0.4) is 0 Å². The number of hydrogen-bond acceptors (Lipinski definition) is 4. The normalized spacial score (nSPS) is 11.1. The molecule has 0 aliphatic carbocycles. The molecule has 0 aliphatic rings. The molecule has 182 valence electrons. The van der Waals surface area contributed by atoms with Crippen molar-refractivity contribution in [1.29, 1.82) is 0 Å². The van der Waals surface area contributed by atoms with E-state index in [9.17, 15) is 4.79 Å². The first-order valence-corrected chi connectivity index (χ1v) is 13.5. The molecule has 1 heterocycles. The van der Waals surface area contributed by atoms with E-state index in [4.69, 9.17) is 11.6 Å². The number of thioether (sulfide) groups is 1. The maximum atomic E-state index is 12.4. The highest BCUT2D eigenvalue weighted by Crippen LogP contribution is 2.29. The molecule has 0 saturated heterocycles. The molecule has 3 aromatic rings. The molecular weight excluding hydrogens is 464 g/mol. The fourth-order valence-electron chi connectivity index (χ4n) is 3.82. The van der Waals surface area contributed by atoms with Crippen LogP contribution in [-0.2, 0) is 17.1 Å². The van der Waals surface area contributed by atoms with E-state index in [0.29, 0.717) is 23.8 Å². The average Bonchev–Trinajstić information content (AvgIpc) is 3.23. The van der Waals surface area contributed by atoms with Gasteiger partial charge in [-0.15, -0.1) is 10.2 Å². The summed E-state index contributed by atoms with van der Waals surface area (Å²) in [5.74, 6) is 1.55. The van der Waals surface area contributed by atoms with E-state index >= 15 is 0 Å². The minimum atomic E-state index is 0.0574. The van der Waals surface area contributed by atoms with Crippen LogP contribution in [0.25, 0.3) is 5.69 Å². The minimum Gasteiger partial charge on any atom is -0.349 e. The summed E-state index contributed by atoms with van der Waals surface area (Å²) in [5, 5.41) is 13.4. The van der Waals surface area contributed by atoms with Gasteiger partial charge < -0.3 is 5.32 Å². The van der Waals surface area contributed by atoms with Crippen molar-refractivity contribution in [2.45, 2.75) is 83.2 Å². The number of carbonyl (C=O) groups is 1. The quantitative estimate of drug-likeness (QED) is 0.200. The molecule has 0 radical (unpaired) electrons. The molecule has 0 atom stereocenters. The lowest BCUT2D eigenvalue weighted by molar-refractivity contribution is -0.121. The first-order valence-electron chi connectivity index (χ1n) is 12.1. The Balaban J connectivity index is 1.71. The van der Waals surface area contributed by atoms with Crippen LogP contribution in [0.2, 0.25) is 5.02 Å². The summed E-state index contributed by atoms with van der Waals surface area (Å²) in [7, 11) is 0. The smallest absolute Gasteiger partial charge is 0.220 e. The first kappa shape index (κ1) is 26.3. The van der Waals surface area contributed by atoms with Crippen molar-refractivity contribution < 1.29 is 4.79 Å². The number of nitrogens with zero attached hydrogens (tertiary/aromatic N) is 3. The van der Waals surface area contributed by atoms with Crippen molar-refractivity contribution in [3.63, 3.8) is 0 Å². The Bertz CT molecular complexity index is 1080. The van der Waals surface area contributed by atoms with Crippen LogP contribution in [0.5, 0.6) is 0 Å². The van der Waals surface area contributed by atoms with E-state index in [0.717, 1.165) is 35.0 Å². The maximum Gasteiger partial charge on any atom is 0.220 e. The summed E-state index contributed by atoms with van der Waals surface area (Å²) in [6.45, 7) is 6.71. The Morgan fingerprint density at radius 3 is 2.56 bits per heavy atom. The molecular formula is C27H35ClN4OS. The van der Waals surface area contributed by atoms with Crippen LogP contribution >= 0.6 is 23.4 Å². The molecule has 0 fully saturated rings. The molecule has 1 amide bonds. The summed E-state index contributed by atoms with van der Waals surface area (Å²) in [6, 6.07) is 14.2. The Morgan fingerprint density at radius 2 is 1.76 bits per heavy atom. The Morgan fingerprint density at radius 1 is 1.00 bits per heavy atom. The van der Waals surface area contributed by atoms with Gasteiger partial charge in [0.15, 0.2) is 11.0 Å². The molecule has 2 aromatic carbocycles. The lowest BCUT2D eigenvalue weighted by atomic mass is 10.1. The minimum absolute atomic E-state index is 0.0574. The van der Waals surface area contributed by atoms with Crippen LogP contribution in [0.4, 0.5) is 0 Å². The average molecular weight is 499 g/mol. The van der Waals surface area contributed by atoms with Gasteiger partial charge in [-0.3, -0.25) is 9.36 Å². The highest BCUT2D eigenvalue weighted by atomic mass is 35.5. The number of rotatable bonds is 13. The lowest BCUT2D eigenvalue weighted by Gasteiger charge is -2.14. The number of benzene rings is 2. The van der Waals surface area contributed by atoms with E-state index < -0.39 is 0 Å². The zero-order chi connectivity index (χ0) is 24.3. The number of unbranched alkanes of at least 4 members (excludes halogenated alkanes) is 5. The van der Waals surface area contributed by atoms with Gasteiger partial charge in [0.25, 0.3) is 0 Å². The van der Waals surface area contributed by atoms with Crippen LogP contribution in [0.1, 0.15) is 74.4 Å². The van der Waals surface area contributed by atoms with Crippen LogP contribution in [-0.4, -0.2) is 20.7 Å². The van der Waals surface area contributed by atoms with Crippen molar-refractivity contribution in [2.24, 2.45) is 0 Å². The third-order valence-corrected chi connectivity index (χ3v) is 7.14. The highest BCUT2D eigenvalue weighted by Gasteiger charge is 2.17. The zero-order valence-corrected chi connectivity index (χ0v) is 22.0. The maximum absolute atomic E-state index is 12.4. The molecule has 0 bridgehead atoms. The first-order chi connectivity index (χ1) is 16.5. The zero-order valence-electron chi connectivity index (χ0n) is 20.4. The highest BCUT2D eigenvalue weighted by molar-refractivity contribution is 7.98. The fraction of sp³-hybridized carbons (Fsp3) is 0.444. The van der Waals surface area contributed by atoms with Gasteiger partial charge in [0.05, 0.1) is 12.2 Å². The van der Waals surface area contributed by atoms with Gasteiger partial charge in [-0.1, -0.05) is 92.7 Å². The summed E-state index contributed by atoms with van der Waals surface area (Å²) >= 11 is 7.97. The topological polar surface area (TPSA) is 59.8 Å².